The van der Waals surface area contributed by atoms with E-state index in [1.54, 1.807) is 0 Å². The van der Waals surface area contributed by atoms with Gasteiger partial charge in [0.25, 0.3) is 0 Å². The first-order valence-electron chi connectivity index (χ1n) is 5.22. The summed E-state index contributed by atoms with van der Waals surface area (Å²) < 4.78 is 0. The molecule has 0 saturated carbocycles. The Morgan fingerprint density at radius 2 is 2.00 bits per heavy atom. The van der Waals surface area contributed by atoms with Gasteiger partial charge in [0.2, 0.25) is 0 Å². The van der Waals surface area contributed by atoms with Gasteiger partial charge in [-0.1, -0.05) is 48.9 Å². The Labute approximate surface area is 86.1 Å². The first-order chi connectivity index (χ1) is 6.86. The Hall–Kier alpha value is -1.08. The smallest absolute Gasteiger partial charge is 0.0434 e. The normalized spacial score (nSPS) is 11.7. The van der Waals surface area contributed by atoms with E-state index in [0.29, 0.717) is 0 Å². The standard InChI is InChI=1S/C13H18O/c1-2-12(9-6-10-14)11-13-7-4-3-5-8-13/h3-5,7-8,11,14H,2,6,9-10H2,1H3/b12-11+. The lowest BCUT2D eigenvalue weighted by atomic mass is 10.0. The molecule has 0 aliphatic carbocycles. The Morgan fingerprint density at radius 3 is 2.57 bits per heavy atom. The van der Waals surface area contributed by atoms with E-state index in [4.69, 9.17) is 5.11 Å². The number of aliphatic hydroxyl groups is 1. The highest BCUT2D eigenvalue weighted by Crippen LogP contribution is 2.14. The second kappa shape index (κ2) is 6.39. The van der Waals surface area contributed by atoms with Crippen LogP contribution in [0.1, 0.15) is 31.7 Å². The molecule has 0 unspecified atom stereocenters. The van der Waals surface area contributed by atoms with E-state index in [0.717, 1.165) is 19.3 Å². The molecule has 0 saturated heterocycles. The molecule has 1 nitrogen and oxygen atoms in total. The molecule has 0 amide bonds. The molecule has 1 heteroatoms. The molecule has 14 heavy (non-hydrogen) atoms. The molecule has 0 fully saturated rings. The maximum absolute atomic E-state index is 8.75. The van der Waals surface area contributed by atoms with Crippen LogP contribution in [-0.2, 0) is 0 Å². The highest BCUT2D eigenvalue weighted by atomic mass is 16.2. The zero-order valence-electron chi connectivity index (χ0n) is 8.74. The highest BCUT2D eigenvalue weighted by Gasteiger charge is 1.94. The zero-order chi connectivity index (χ0) is 10.2. The van der Waals surface area contributed by atoms with Crippen molar-refractivity contribution in [3.05, 3.63) is 41.5 Å². The van der Waals surface area contributed by atoms with Crippen molar-refractivity contribution in [1.82, 2.24) is 0 Å². The number of hydrogen-bond acceptors (Lipinski definition) is 1. The molecular formula is C13H18O. The lowest BCUT2D eigenvalue weighted by molar-refractivity contribution is 0.288. The van der Waals surface area contributed by atoms with E-state index in [-0.39, 0.29) is 6.61 Å². The van der Waals surface area contributed by atoms with Crippen LogP contribution in [0.5, 0.6) is 0 Å². The Kier molecular flexibility index (Phi) is 5.02. The molecule has 1 N–H and O–H groups in total. The van der Waals surface area contributed by atoms with Gasteiger partial charge in [-0.05, 0) is 24.8 Å². The number of aliphatic hydroxyl groups excluding tert-OH is 1. The van der Waals surface area contributed by atoms with Gasteiger partial charge in [0, 0.05) is 6.61 Å². The van der Waals surface area contributed by atoms with Crippen LogP contribution in [-0.4, -0.2) is 11.7 Å². The second-order valence-corrected chi connectivity index (χ2v) is 3.39. The molecule has 0 aliphatic rings. The van der Waals surface area contributed by atoms with Crippen LogP contribution in [0.25, 0.3) is 6.08 Å². The fourth-order valence-corrected chi connectivity index (χ4v) is 1.44. The predicted molar refractivity (Wildman–Crippen MR) is 61.0 cm³/mol. The summed E-state index contributed by atoms with van der Waals surface area (Å²) in [5.74, 6) is 0. The minimum absolute atomic E-state index is 0.284. The van der Waals surface area contributed by atoms with E-state index in [1.165, 1.54) is 11.1 Å². The van der Waals surface area contributed by atoms with Gasteiger partial charge in [-0.2, -0.15) is 0 Å². The molecule has 1 rings (SSSR count). The molecule has 76 valence electrons. The summed E-state index contributed by atoms with van der Waals surface area (Å²) in [6, 6.07) is 10.3. The number of hydrogen-bond donors (Lipinski definition) is 1. The van der Waals surface area contributed by atoms with E-state index in [9.17, 15) is 0 Å². The van der Waals surface area contributed by atoms with Crippen molar-refractivity contribution < 1.29 is 5.11 Å². The fraction of sp³-hybridized carbons (Fsp3) is 0.385. The van der Waals surface area contributed by atoms with Gasteiger partial charge in [0.05, 0.1) is 0 Å². The second-order valence-electron chi connectivity index (χ2n) is 3.39. The SMILES string of the molecule is CC/C(=C\c1ccccc1)CCCO. The number of rotatable bonds is 5. The lowest BCUT2D eigenvalue weighted by Crippen LogP contribution is -1.86. The Balaban J connectivity index is 2.64. The van der Waals surface area contributed by atoms with Crippen LogP contribution in [0.2, 0.25) is 0 Å². The van der Waals surface area contributed by atoms with Crippen molar-refractivity contribution in [3.8, 4) is 0 Å². The maximum Gasteiger partial charge on any atom is 0.0434 e. The summed E-state index contributed by atoms with van der Waals surface area (Å²) in [4.78, 5) is 0. The molecule has 0 atom stereocenters. The van der Waals surface area contributed by atoms with Crippen LogP contribution in [0.3, 0.4) is 0 Å². The van der Waals surface area contributed by atoms with Crippen LogP contribution >= 0.6 is 0 Å². The van der Waals surface area contributed by atoms with Crippen molar-refractivity contribution in [2.45, 2.75) is 26.2 Å². The quantitative estimate of drug-likeness (QED) is 0.755. The fourth-order valence-electron chi connectivity index (χ4n) is 1.44. The lowest BCUT2D eigenvalue weighted by Gasteiger charge is -2.03. The Bertz CT molecular complexity index is 275. The van der Waals surface area contributed by atoms with E-state index < -0.39 is 0 Å². The van der Waals surface area contributed by atoms with Gasteiger partial charge < -0.3 is 5.11 Å². The third kappa shape index (κ3) is 3.75. The molecular weight excluding hydrogens is 172 g/mol. The molecule has 0 heterocycles. The van der Waals surface area contributed by atoms with Crippen molar-refractivity contribution in [2.75, 3.05) is 6.61 Å². The van der Waals surface area contributed by atoms with Gasteiger partial charge in [0.1, 0.15) is 0 Å². The van der Waals surface area contributed by atoms with E-state index in [2.05, 4.69) is 25.1 Å². The third-order valence-electron chi connectivity index (χ3n) is 2.28. The summed E-state index contributed by atoms with van der Waals surface area (Å²) >= 11 is 0. The maximum atomic E-state index is 8.75. The average molecular weight is 190 g/mol. The molecule has 0 bridgehead atoms. The molecule has 0 spiro atoms. The zero-order valence-corrected chi connectivity index (χ0v) is 8.74. The summed E-state index contributed by atoms with van der Waals surface area (Å²) in [5, 5.41) is 8.75. The minimum Gasteiger partial charge on any atom is -0.396 e. The molecule has 0 aromatic heterocycles. The molecule has 1 aromatic rings. The summed E-state index contributed by atoms with van der Waals surface area (Å²) in [6.07, 6.45) is 5.15. The van der Waals surface area contributed by atoms with E-state index >= 15 is 0 Å². The van der Waals surface area contributed by atoms with Crippen molar-refractivity contribution in [3.63, 3.8) is 0 Å². The van der Waals surface area contributed by atoms with Crippen molar-refractivity contribution in [2.24, 2.45) is 0 Å². The highest BCUT2D eigenvalue weighted by molar-refractivity contribution is 5.52. The minimum atomic E-state index is 0.284. The van der Waals surface area contributed by atoms with Crippen LogP contribution < -0.4 is 0 Å². The van der Waals surface area contributed by atoms with Crippen LogP contribution in [0.15, 0.2) is 35.9 Å². The first kappa shape index (κ1) is 11.0. The predicted octanol–water partition coefficient (Wildman–Crippen LogP) is 3.25. The van der Waals surface area contributed by atoms with Crippen molar-refractivity contribution >= 4 is 6.08 Å². The summed E-state index contributed by atoms with van der Waals surface area (Å²) in [6.45, 7) is 2.44. The van der Waals surface area contributed by atoms with Gasteiger partial charge in [-0.15, -0.1) is 0 Å². The third-order valence-corrected chi connectivity index (χ3v) is 2.28. The monoisotopic (exact) mass is 190 g/mol. The molecule has 0 aliphatic heterocycles. The Morgan fingerprint density at radius 1 is 1.29 bits per heavy atom. The van der Waals surface area contributed by atoms with Gasteiger partial charge >= 0.3 is 0 Å². The number of allylic oxidation sites excluding steroid dienone is 1. The summed E-state index contributed by atoms with van der Waals surface area (Å²) in [5.41, 5.74) is 2.66. The van der Waals surface area contributed by atoms with Crippen LogP contribution in [0, 0.1) is 0 Å². The first-order valence-corrected chi connectivity index (χ1v) is 5.22. The largest absolute Gasteiger partial charge is 0.396 e. The van der Waals surface area contributed by atoms with Gasteiger partial charge in [-0.25, -0.2) is 0 Å². The van der Waals surface area contributed by atoms with Gasteiger partial charge in [-0.3, -0.25) is 0 Å². The van der Waals surface area contributed by atoms with Crippen LogP contribution in [0.4, 0.5) is 0 Å². The van der Waals surface area contributed by atoms with Crippen molar-refractivity contribution in [1.29, 1.82) is 0 Å². The molecule has 1 aromatic carbocycles. The average Bonchev–Trinajstić information content (AvgIpc) is 2.25. The van der Waals surface area contributed by atoms with Gasteiger partial charge in [0.15, 0.2) is 0 Å². The summed E-state index contributed by atoms with van der Waals surface area (Å²) in [7, 11) is 0. The molecule has 0 radical (unpaired) electrons. The van der Waals surface area contributed by atoms with E-state index in [1.807, 2.05) is 18.2 Å². The topological polar surface area (TPSA) is 20.2 Å². The number of benzene rings is 1.